The van der Waals surface area contributed by atoms with Crippen LogP contribution in [0.1, 0.15) is 18.1 Å². The highest BCUT2D eigenvalue weighted by molar-refractivity contribution is 5.72. The first-order valence-corrected chi connectivity index (χ1v) is 6.18. The number of carboxylic acids is 1. The van der Waals surface area contributed by atoms with Gasteiger partial charge in [0.15, 0.2) is 6.10 Å². The quantitative estimate of drug-likeness (QED) is 0.894. The summed E-state index contributed by atoms with van der Waals surface area (Å²) in [5.41, 5.74) is 2.16. The second-order valence-corrected chi connectivity index (χ2v) is 4.37. The molecule has 19 heavy (non-hydrogen) atoms. The van der Waals surface area contributed by atoms with Crippen molar-refractivity contribution in [3.8, 4) is 5.75 Å². The van der Waals surface area contributed by atoms with Gasteiger partial charge < -0.3 is 9.84 Å². The van der Waals surface area contributed by atoms with Gasteiger partial charge in [-0.15, -0.1) is 0 Å². The van der Waals surface area contributed by atoms with E-state index in [1.165, 1.54) is 12.5 Å². The van der Waals surface area contributed by atoms with Crippen LogP contribution in [0.3, 0.4) is 0 Å². The first-order chi connectivity index (χ1) is 9.16. The first kappa shape index (κ1) is 13.1. The van der Waals surface area contributed by atoms with Crippen molar-refractivity contribution in [1.29, 1.82) is 0 Å². The molecular formula is C16H16O3. The molecule has 0 aromatic heterocycles. The van der Waals surface area contributed by atoms with Crippen LogP contribution in [0.15, 0.2) is 54.6 Å². The van der Waals surface area contributed by atoms with Gasteiger partial charge in [-0.25, -0.2) is 4.79 Å². The predicted octanol–water partition coefficient (Wildman–Crippen LogP) is 3.13. The summed E-state index contributed by atoms with van der Waals surface area (Å²) in [6, 6.07) is 17.5. The number of hydrogen-bond acceptors (Lipinski definition) is 2. The van der Waals surface area contributed by atoms with Crippen LogP contribution < -0.4 is 4.74 Å². The Bertz CT molecular complexity index is 549. The summed E-state index contributed by atoms with van der Waals surface area (Å²) in [6.45, 7) is 1.53. The van der Waals surface area contributed by atoms with Crippen molar-refractivity contribution in [1.82, 2.24) is 0 Å². The van der Waals surface area contributed by atoms with Gasteiger partial charge in [-0.05, 0) is 24.1 Å². The summed E-state index contributed by atoms with van der Waals surface area (Å²) in [5.74, 6) is -0.337. The molecule has 0 bridgehead atoms. The van der Waals surface area contributed by atoms with E-state index in [0.29, 0.717) is 5.75 Å². The fraction of sp³-hybridized carbons (Fsp3) is 0.188. The fourth-order valence-corrected chi connectivity index (χ4v) is 1.82. The van der Waals surface area contributed by atoms with E-state index in [4.69, 9.17) is 9.84 Å². The molecule has 98 valence electrons. The molecule has 0 aliphatic carbocycles. The van der Waals surface area contributed by atoms with E-state index in [2.05, 4.69) is 0 Å². The summed E-state index contributed by atoms with van der Waals surface area (Å²) in [5, 5.41) is 8.90. The molecule has 0 spiro atoms. The lowest BCUT2D eigenvalue weighted by atomic mass is 10.0. The highest BCUT2D eigenvalue weighted by Crippen LogP contribution is 2.22. The van der Waals surface area contributed by atoms with Crippen LogP contribution in [0.25, 0.3) is 0 Å². The first-order valence-electron chi connectivity index (χ1n) is 6.18. The molecule has 0 aliphatic rings. The highest BCUT2D eigenvalue weighted by atomic mass is 16.5. The van der Waals surface area contributed by atoms with Gasteiger partial charge in [0.1, 0.15) is 5.75 Å². The van der Waals surface area contributed by atoms with Gasteiger partial charge in [0.05, 0.1) is 0 Å². The number of ether oxygens (including phenoxy) is 1. The maximum Gasteiger partial charge on any atom is 0.344 e. The van der Waals surface area contributed by atoms with E-state index in [9.17, 15) is 4.79 Å². The van der Waals surface area contributed by atoms with E-state index in [-0.39, 0.29) is 0 Å². The summed E-state index contributed by atoms with van der Waals surface area (Å²) in [7, 11) is 0. The van der Waals surface area contributed by atoms with Crippen molar-refractivity contribution in [3.63, 3.8) is 0 Å². The normalized spacial score (nSPS) is 11.8. The Morgan fingerprint density at radius 3 is 2.42 bits per heavy atom. The monoisotopic (exact) mass is 256 g/mol. The highest BCUT2D eigenvalue weighted by Gasteiger charge is 2.14. The van der Waals surface area contributed by atoms with E-state index in [0.717, 1.165) is 12.0 Å². The molecule has 0 unspecified atom stereocenters. The molecular weight excluding hydrogens is 240 g/mol. The lowest BCUT2D eigenvalue weighted by Crippen LogP contribution is -2.23. The number of benzene rings is 2. The van der Waals surface area contributed by atoms with Crippen molar-refractivity contribution < 1.29 is 14.6 Å². The van der Waals surface area contributed by atoms with Gasteiger partial charge in [-0.2, -0.15) is 0 Å². The van der Waals surface area contributed by atoms with Crippen molar-refractivity contribution in [2.45, 2.75) is 19.4 Å². The van der Waals surface area contributed by atoms with Crippen molar-refractivity contribution in [2.75, 3.05) is 0 Å². The van der Waals surface area contributed by atoms with E-state index < -0.39 is 12.1 Å². The lowest BCUT2D eigenvalue weighted by molar-refractivity contribution is -0.144. The third-order valence-corrected chi connectivity index (χ3v) is 2.86. The molecule has 3 nitrogen and oxygen atoms in total. The molecule has 2 rings (SSSR count). The predicted molar refractivity (Wildman–Crippen MR) is 73.4 cm³/mol. The van der Waals surface area contributed by atoms with Crippen molar-refractivity contribution >= 4 is 5.97 Å². The number of carboxylic acid groups (broad SMARTS) is 1. The van der Waals surface area contributed by atoms with E-state index in [1.54, 1.807) is 6.07 Å². The maximum atomic E-state index is 10.8. The zero-order valence-electron chi connectivity index (χ0n) is 10.7. The second kappa shape index (κ2) is 6.05. The number of aliphatic carboxylic acids is 1. The summed E-state index contributed by atoms with van der Waals surface area (Å²) < 4.78 is 5.48. The second-order valence-electron chi connectivity index (χ2n) is 4.37. The fourth-order valence-electron chi connectivity index (χ4n) is 1.82. The minimum atomic E-state index is -0.963. The maximum absolute atomic E-state index is 10.8. The number of rotatable bonds is 5. The minimum Gasteiger partial charge on any atom is -0.479 e. The number of carbonyl (C=O) groups is 1. The average molecular weight is 256 g/mol. The molecule has 2 aromatic rings. The Labute approximate surface area is 112 Å². The Balaban J connectivity index is 2.19. The van der Waals surface area contributed by atoms with E-state index >= 15 is 0 Å². The van der Waals surface area contributed by atoms with Crippen LogP contribution in [0.2, 0.25) is 0 Å². The number of hydrogen-bond donors (Lipinski definition) is 1. The topological polar surface area (TPSA) is 46.5 Å². The van der Waals surface area contributed by atoms with Gasteiger partial charge in [0.25, 0.3) is 0 Å². The van der Waals surface area contributed by atoms with Crippen LogP contribution in [-0.4, -0.2) is 17.2 Å². The van der Waals surface area contributed by atoms with Gasteiger partial charge in [0.2, 0.25) is 0 Å². The Hall–Kier alpha value is -2.29. The van der Waals surface area contributed by atoms with Crippen molar-refractivity contribution in [3.05, 3.63) is 65.7 Å². The van der Waals surface area contributed by atoms with Gasteiger partial charge >= 0.3 is 5.97 Å². The summed E-state index contributed by atoms with van der Waals surface area (Å²) in [4.78, 5) is 10.8. The summed E-state index contributed by atoms with van der Waals surface area (Å²) in [6.07, 6.45) is -0.125. The Morgan fingerprint density at radius 1 is 1.11 bits per heavy atom. The third-order valence-electron chi connectivity index (χ3n) is 2.86. The van der Waals surface area contributed by atoms with Crippen LogP contribution in [0.4, 0.5) is 0 Å². The zero-order chi connectivity index (χ0) is 13.7. The van der Waals surface area contributed by atoms with Crippen LogP contribution >= 0.6 is 0 Å². The lowest BCUT2D eigenvalue weighted by Gasteiger charge is -2.14. The van der Waals surface area contributed by atoms with Gasteiger partial charge in [-0.1, -0.05) is 48.5 Å². The average Bonchev–Trinajstić information content (AvgIpc) is 2.42. The molecule has 0 saturated heterocycles. The van der Waals surface area contributed by atoms with Crippen molar-refractivity contribution in [2.24, 2.45) is 0 Å². The molecule has 0 heterocycles. The summed E-state index contributed by atoms with van der Waals surface area (Å²) >= 11 is 0. The molecule has 0 saturated carbocycles. The smallest absolute Gasteiger partial charge is 0.344 e. The van der Waals surface area contributed by atoms with E-state index in [1.807, 2.05) is 48.5 Å². The third kappa shape index (κ3) is 3.58. The SMILES string of the molecule is C[C@@H](Oc1ccccc1Cc1ccccc1)C(=O)O. The molecule has 2 aromatic carbocycles. The molecule has 1 N–H and O–H groups in total. The van der Waals surface area contributed by atoms with Crippen LogP contribution in [0, 0.1) is 0 Å². The van der Waals surface area contributed by atoms with Gasteiger partial charge in [-0.3, -0.25) is 0 Å². The standard InChI is InChI=1S/C16H16O3/c1-12(16(17)18)19-15-10-6-5-9-14(15)11-13-7-3-2-4-8-13/h2-10,12H,11H2,1H3,(H,17,18)/t12-/m1/s1. The molecule has 0 aliphatic heterocycles. The molecule has 0 fully saturated rings. The Morgan fingerprint density at radius 2 is 1.74 bits per heavy atom. The molecule has 3 heteroatoms. The zero-order valence-corrected chi connectivity index (χ0v) is 10.7. The molecule has 0 amide bonds. The molecule has 1 atom stereocenters. The van der Waals surface area contributed by atoms with Gasteiger partial charge in [0, 0.05) is 6.42 Å². The largest absolute Gasteiger partial charge is 0.479 e. The number of para-hydroxylation sites is 1. The minimum absolute atomic E-state index is 0.626. The van der Waals surface area contributed by atoms with Crippen LogP contribution in [0.5, 0.6) is 5.75 Å². The molecule has 0 radical (unpaired) electrons. The van der Waals surface area contributed by atoms with Crippen LogP contribution in [-0.2, 0) is 11.2 Å². The Kier molecular flexibility index (Phi) is 4.18.